The molecule has 0 fully saturated rings. The van der Waals surface area contributed by atoms with Gasteiger partial charge in [-0.3, -0.25) is 0 Å². The summed E-state index contributed by atoms with van der Waals surface area (Å²) in [5, 5.41) is 8.03. The molecule has 1 aromatic carbocycles. The van der Waals surface area contributed by atoms with Gasteiger partial charge in [-0.1, -0.05) is 17.7 Å². The number of carbonyl (C=O) groups is 1. The molecule has 0 aromatic heterocycles. The van der Waals surface area contributed by atoms with Crippen molar-refractivity contribution in [1.82, 2.24) is 0 Å². The van der Waals surface area contributed by atoms with Crippen molar-refractivity contribution in [3.8, 4) is 0 Å². The topological polar surface area (TPSA) is 37.3 Å². The van der Waals surface area contributed by atoms with Gasteiger partial charge in [0.15, 0.2) is 0 Å². The predicted molar refractivity (Wildman–Crippen MR) is 48.1 cm³/mol. The molecule has 0 amide bonds. The third-order valence-electron chi connectivity index (χ3n) is 1.44. The van der Waals surface area contributed by atoms with E-state index in [0.29, 0.717) is 0 Å². The van der Waals surface area contributed by atoms with E-state index in [-0.39, 0.29) is 10.6 Å². The van der Waals surface area contributed by atoms with Gasteiger partial charge >= 0.3 is 5.97 Å². The molecule has 1 aromatic rings. The van der Waals surface area contributed by atoms with Crippen molar-refractivity contribution < 1.29 is 18.7 Å². The number of carboxylic acid groups (broad SMARTS) is 1. The average Bonchev–Trinajstić information content (AvgIpc) is 2.11. The van der Waals surface area contributed by atoms with Crippen LogP contribution in [0, 0.1) is 5.82 Å². The van der Waals surface area contributed by atoms with Crippen LogP contribution in [0.1, 0.15) is 5.56 Å². The Hall–Kier alpha value is -1.42. The zero-order chi connectivity index (χ0) is 10.7. The Labute approximate surface area is 83.4 Å². The van der Waals surface area contributed by atoms with Crippen molar-refractivity contribution in [2.24, 2.45) is 0 Å². The summed E-state index contributed by atoms with van der Waals surface area (Å²) in [5.41, 5.74) is 0.191. The Bertz CT molecular complexity index is 402. The molecule has 1 N–H and O–H groups in total. The van der Waals surface area contributed by atoms with Crippen molar-refractivity contribution in [2.45, 2.75) is 0 Å². The summed E-state index contributed by atoms with van der Waals surface area (Å²) in [7, 11) is 0. The molecular weight excluding hydrogens is 214 g/mol. The highest BCUT2D eigenvalue weighted by Crippen LogP contribution is 2.18. The van der Waals surface area contributed by atoms with Crippen LogP contribution in [0.15, 0.2) is 24.0 Å². The minimum absolute atomic E-state index is 0.183. The van der Waals surface area contributed by atoms with Crippen LogP contribution in [0.5, 0.6) is 0 Å². The zero-order valence-electron chi connectivity index (χ0n) is 6.80. The lowest BCUT2D eigenvalue weighted by molar-refractivity contribution is -0.134. The van der Waals surface area contributed by atoms with Gasteiger partial charge in [-0.2, -0.15) is 4.39 Å². The van der Waals surface area contributed by atoms with Crippen LogP contribution in [0.2, 0.25) is 5.02 Å². The maximum absolute atomic E-state index is 12.6. The molecule has 0 atom stereocenters. The molecule has 0 bridgehead atoms. The third-order valence-corrected chi connectivity index (χ3v) is 1.73. The molecule has 0 heterocycles. The molecule has 0 saturated heterocycles. The van der Waals surface area contributed by atoms with Crippen LogP contribution in [0.25, 0.3) is 6.08 Å². The van der Waals surface area contributed by atoms with E-state index in [9.17, 15) is 13.6 Å². The lowest BCUT2D eigenvalue weighted by Gasteiger charge is -1.96. The van der Waals surface area contributed by atoms with Crippen LogP contribution in [-0.4, -0.2) is 11.1 Å². The van der Waals surface area contributed by atoms with E-state index < -0.39 is 17.6 Å². The lowest BCUT2D eigenvalue weighted by atomic mass is 10.2. The summed E-state index contributed by atoms with van der Waals surface area (Å²) in [6, 6.07) is 3.40. The first kappa shape index (κ1) is 10.7. The zero-order valence-corrected chi connectivity index (χ0v) is 7.55. The fraction of sp³-hybridized carbons (Fsp3) is 0. The number of aliphatic carboxylic acids is 1. The van der Waals surface area contributed by atoms with Crippen LogP contribution >= 0.6 is 11.6 Å². The highest BCUT2D eigenvalue weighted by atomic mass is 35.5. The van der Waals surface area contributed by atoms with E-state index in [0.717, 1.165) is 18.2 Å². The number of carboxylic acids is 1. The monoisotopic (exact) mass is 218 g/mol. The quantitative estimate of drug-likeness (QED) is 0.775. The third kappa shape index (κ3) is 2.53. The Morgan fingerprint density at radius 3 is 2.64 bits per heavy atom. The normalized spacial score (nSPS) is 11.5. The van der Waals surface area contributed by atoms with Gasteiger partial charge in [0.2, 0.25) is 5.83 Å². The van der Waals surface area contributed by atoms with Gasteiger partial charge in [0, 0.05) is 0 Å². The summed E-state index contributed by atoms with van der Waals surface area (Å²) >= 11 is 5.40. The molecule has 1 rings (SSSR count). The van der Waals surface area contributed by atoms with E-state index in [1.807, 2.05) is 0 Å². The van der Waals surface area contributed by atoms with Crippen molar-refractivity contribution in [1.29, 1.82) is 0 Å². The largest absolute Gasteiger partial charge is 0.476 e. The van der Waals surface area contributed by atoms with Gasteiger partial charge in [-0.05, 0) is 23.8 Å². The fourth-order valence-corrected chi connectivity index (χ4v) is 0.999. The molecule has 2 nitrogen and oxygen atoms in total. The maximum Gasteiger partial charge on any atom is 0.364 e. The highest BCUT2D eigenvalue weighted by molar-refractivity contribution is 6.30. The maximum atomic E-state index is 12.6. The van der Waals surface area contributed by atoms with Crippen LogP contribution in [0.3, 0.4) is 0 Å². The standard InChI is InChI=1S/C9H5ClF2O2/c10-6-3-5(1-2-7(6)11)4-8(12)9(13)14/h1-4H,(H,13,14)/b8-4-. The Morgan fingerprint density at radius 2 is 2.14 bits per heavy atom. The SMILES string of the molecule is O=C(O)/C(F)=C/c1ccc(F)c(Cl)c1. The highest BCUT2D eigenvalue weighted by Gasteiger charge is 2.06. The summed E-state index contributed by atoms with van der Waals surface area (Å²) in [6.45, 7) is 0. The molecule has 0 radical (unpaired) electrons. The minimum Gasteiger partial charge on any atom is -0.476 e. The Balaban J connectivity index is 3.04. The smallest absolute Gasteiger partial charge is 0.364 e. The molecule has 0 aliphatic carbocycles. The van der Waals surface area contributed by atoms with E-state index >= 15 is 0 Å². The number of halogens is 3. The predicted octanol–water partition coefficient (Wildman–Crippen LogP) is 2.87. The fourth-order valence-electron chi connectivity index (χ4n) is 0.810. The van der Waals surface area contributed by atoms with Gasteiger partial charge in [0.05, 0.1) is 5.02 Å². The summed E-state index contributed by atoms with van der Waals surface area (Å²) in [4.78, 5) is 10.1. The average molecular weight is 219 g/mol. The molecular formula is C9H5ClF2O2. The summed E-state index contributed by atoms with van der Waals surface area (Å²) in [6.07, 6.45) is 0.758. The summed E-state index contributed by atoms with van der Waals surface area (Å²) < 4.78 is 25.2. The first-order valence-electron chi connectivity index (χ1n) is 3.56. The molecule has 0 saturated carbocycles. The van der Waals surface area contributed by atoms with Crippen molar-refractivity contribution in [3.05, 3.63) is 40.4 Å². The van der Waals surface area contributed by atoms with Gasteiger partial charge in [-0.15, -0.1) is 0 Å². The van der Waals surface area contributed by atoms with Gasteiger partial charge in [0.25, 0.3) is 0 Å². The second kappa shape index (κ2) is 4.19. The van der Waals surface area contributed by atoms with Crippen molar-refractivity contribution in [2.75, 3.05) is 0 Å². The van der Waals surface area contributed by atoms with Gasteiger partial charge in [0.1, 0.15) is 5.82 Å². The van der Waals surface area contributed by atoms with Gasteiger partial charge < -0.3 is 5.11 Å². The first-order valence-corrected chi connectivity index (χ1v) is 3.94. The number of rotatable bonds is 2. The minimum atomic E-state index is -1.68. The van der Waals surface area contributed by atoms with Gasteiger partial charge in [-0.25, -0.2) is 9.18 Å². The molecule has 0 spiro atoms. The second-order valence-electron chi connectivity index (χ2n) is 2.47. The molecule has 0 unspecified atom stereocenters. The second-order valence-corrected chi connectivity index (χ2v) is 2.88. The van der Waals surface area contributed by atoms with Crippen molar-refractivity contribution in [3.63, 3.8) is 0 Å². The number of hydrogen-bond acceptors (Lipinski definition) is 1. The van der Waals surface area contributed by atoms with Crippen LogP contribution in [0.4, 0.5) is 8.78 Å². The Kier molecular flexibility index (Phi) is 3.19. The molecule has 0 aliphatic heterocycles. The van der Waals surface area contributed by atoms with Crippen molar-refractivity contribution >= 4 is 23.6 Å². The molecule has 5 heteroatoms. The molecule has 0 aliphatic rings. The first-order chi connectivity index (χ1) is 6.50. The molecule has 14 heavy (non-hydrogen) atoms. The van der Waals surface area contributed by atoms with Crippen LogP contribution in [-0.2, 0) is 4.79 Å². The van der Waals surface area contributed by atoms with E-state index in [2.05, 4.69) is 0 Å². The van der Waals surface area contributed by atoms with E-state index in [1.165, 1.54) is 6.07 Å². The summed E-state index contributed by atoms with van der Waals surface area (Å²) in [5.74, 6) is -3.64. The lowest BCUT2D eigenvalue weighted by Crippen LogP contribution is -1.94. The number of hydrogen-bond donors (Lipinski definition) is 1. The van der Waals surface area contributed by atoms with E-state index in [1.54, 1.807) is 0 Å². The number of benzene rings is 1. The molecule has 74 valence electrons. The van der Waals surface area contributed by atoms with E-state index in [4.69, 9.17) is 16.7 Å². The Morgan fingerprint density at radius 1 is 1.50 bits per heavy atom. The van der Waals surface area contributed by atoms with Crippen LogP contribution < -0.4 is 0 Å².